The van der Waals surface area contributed by atoms with Gasteiger partial charge in [0.1, 0.15) is 0 Å². The van der Waals surface area contributed by atoms with E-state index in [2.05, 4.69) is 9.59 Å². The van der Waals surface area contributed by atoms with Crippen LogP contribution in [0.1, 0.15) is 12.6 Å². The first-order valence-electron chi connectivity index (χ1n) is 2.88. The largest absolute Gasteiger partial charge is 0.392 e. The standard InChI is InChI=1S/C6H8N2OS/c1-5(3-9)2-6-4-10-8-7-6/h2,4,9H,3H2,1H3/b5-2+. The molecule has 4 heteroatoms. The van der Waals surface area contributed by atoms with Crippen LogP contribution in [0.3, 0.4) is 0 Å². The molecule has 0 radical (unpaired) electrons. The smallest absolute Gasteiger partial charge is 0.0982 e. The van der Waals surface area contributed by atoms with Gasteiger partial charge in [0.15, 0.2) is 0 Å². The fourth-order valence-electron chi connectivity index (χ4n) is 0.533. The number of hydrogen-bond donors (Lipinski definition) is 1. The third-order valence-corrected chi connectivity index (χ3v) is 1.54. The molecule has 0 aromatic carbocycles. The third kappa shape index (κ3) is 1.89. The minimum atomic E-state index is 0.0809. The van der Waals surface area contributed by atoms with Crippen LogP contribution in [-0.4, -0.2) is 21.3 Å². The molecule has 1 N–H and O–H groups in total. The van der Waals surface area contributed by atoms with Crippen molar-refractivity contribution in [3.63, 3.8) is 0 Å². The summed E-state index contributed by atoms with van der Waals surface area (Å²) in [4.78, 5) is 0. The maximum absolute atomic E-state index is 8.62. The Bertz CT molecular complexity index is 218. The van der Waals surface area contributed by atoms with Gasteiger partial charge in [-0.15, -0.1) is 5.10 Å². The number of aliphatic hydroxyl groups is 1. The van der Waals surface area contributed by atoms with E-state index in [0.29, 0.717) is 0 Å². The summed E-state index contributed by atoms with van der Waals surface area (Å²) in [5.41, 5.74) is 1.71. The summed E-state index contributed by atoms with van der Waals surface area (Å²) >= 11 is 1.30. The second-order valence-electron chi connectivity index (χ2n) is 1.98. The number of hydrogen-bond acceptors (Lipinski definition) is 4. The Morgan fingerprint density at radius 2 is 2.70 bits per heavy atom. The zero-order valence-electron chi connectivity index (χ0n) is 5.61. The first-order chi connectivity index (χ1) is 4.83. The summed E-state index contributed by atoms with van der Waals surface area (Å²) < 4.78 is 3.67. The highest BCUT2D eigenvalue weighted by atomic mass is 32.1. The van der Waals surface area contributed by atoms with Gasteiger partial charge in [-0.3, -0.25) is 0 Å². The third-order valence-electron chi connectivity index (χ3n) is 1.02. The second-order valence-corrected chi connectivity index (χ2v) is 2.59. The normalized spacial score (nSPS) is 12.0. The molecule has 0 unspecified atom stereocenters. The van der Waals surface area contributed by atoms with Crippen LogP contribution in [0.15, 0.2) is 11.0 Å². The molecule has 54 valence electrons. The van der Waals surface area contributed by atoms with E-state index in [1.54, 1.807) is 0 Å². The summed E-state index contributed by atoms with van der Waals surface area (Å²) in [6.45, 7) is 1.93. The van der Waals surface area contributed by atoms with Crippen molar-refractivity contribution in [2.24, 2.45) is 0 Å². The predicted molar refractivity (Wildman–Crippen MR) is 40.6 cm³/mol. The topological polar surface area (TPSA) is 46.0 Å². The number of aromatic nitrogens is 2. The molecule has 1 aromatic heterocycles. The van der Waals surface area contributed by atoms with E-state index in [1.165, 1.54) is 11.5 Å². The van der Waals surface area contributed by atoms with E-state index in [0.717, 1.165) is 11.3 Å². The van der Waals surface area contributed by atoms with Crippen LogP contribution >= 0.6 is 11.5 Å². The van der Waals surface area contributed by atoms with Crippen molar-refractivity contribution in [1.82, 2.24) is 9.59 Å². The van der Waals surface area contributed by atoms with Gasteiger partial charge in [-0.05, 0) is 30.1 Å². The zero-order chi connectivity index (χ0) is 7.40. The fraction of sp³-hybridized carbons (Fsp3) is 0.333. The Morgan fingerprint density at radius 1 is 1.90 bits per heavy atom. The van der Waals surface area contributed by atoms with E-state index in [1.807, 2.05) is 18.4 Å². The summed E-state index contributed by atoms with van der Waals surface area (Å²) in [7, 11) is 0. The Hall–Kier alpha value is -0.740. The summed E-state index contributed by atoms with van der Waals surface area (Å²) in [5.74, 6) is 0. The fourth-order valence-corrected chi connectivity index (χ4v) is 0.945. The average Bonchev–Trinajstić information content (AvgIpc) is 2.40. The van der Waals surface area contributed by atoms with Crippen molar-refractivity contribution in [3.05, 3.63) is 16.6 Å². The van der Waals surface area contributed by atoms with Gasteiger partial charge in [0, 0.05) is 5.38 Å². The molecule has 0 amide bonds. The van der Waals surface area contributed by atoms with Gasteiger partial charge in [-0.25, -0.2) is 0 Å². The highest BCUT2D eigenvalue weighted by molar-refractivity contribution is 7.03. The molecule has 1 aromatic rings. The van der Waals surface area contributed by atoms with Crippen LogP contribution in [0, 0.1) is 0 Å². The Balaban J connectivity index is 2.71. The van der Waals surface area contributed by atoms with Crippen LogP contribution < -0.4 is 0 Å². The maximum Gasteiger partial charge on any atom is 0.0982 e. The van der Waals surface area contributed by atoms with E-state index in [-0.39, 0.29) is 6.61 Å². The molecule has 0 fully saturated rings. The van der Waals surface area contributed by atoms with Gasteiger partial charge >= 0.3 is 0 Å². The van der Waals surface area contributed by atoms with Crippen molar-refractivity contribution >= 4 is 17.6 Å². The average molecular weight is 156 g/mol. The molecule has 0 bridgehead atoms. The molecule has 0 spiro atoms. The lowest BCUT2D eigenvalue weighted by Crippen LogP contribution is -1.83. The molecule has 0 saturated heterocycles. The van der Waals surface area contributed by atoms with Gasteiger partial charge in [0.25, 0.3) is 0 Å². The molecule has 0 atom stereocenters. The van der Waals surface area contributed by atoms with Crippen LogP contribution in [0.5, 0.6) is 0 Å². The van der Waals surface area contributed by atoms with E-state index in [4.69, 9.17) is 5.11 Å². The monoisotopic (exact) mass is 156 g/mol. The maximum atomic E-state index is 8.62. The van der Waals surface area contributed by atoms with Crippen molar-refractivity contribution in [2.45, 2.75) is 6.92 Å². The lowest BCUT2D eigenvalue weighted by molar-refractivity contribution is 0.332. The Labute approximate surface area is 63.2 Å². The van der Waals surface area contributed by atoms with Gasteiger partial charge in [0.05, 0.1) is 12.3 Å². The Kier molecular flexibility index (Phi) is 2.53. The van der Waals surface area contributed by atoms with Crippen LogP contribution in [-0.2, 0) is 0 Å². The van der Waals surface area contributed by atoms with Crippen molar-refractivity contribution in [1.29, 1.82) is 0 Å². The van der Waals surface area contributed by atoms with Crippen LogP contribution in [0.4, 0.5) is 0 Å². The van der Waals surface area contributed by atoms with E-state index < -0.39 is 0 Å². The summed E-state index contributed by atoms with van der Waals surface area (Å²) in [5, 5.41) is 14.2. The van der Waals surface area contributed by atoms with Crippen molar-refractivity contribution < 1.29 is 5.11 Å². The molecule has 1 rings (SSSR count). The minimum Gasteiger partial charge on any atom is -0.392 e. The zero-order valence-corrected chi connectivity index (χ0v) is 6.43. The van der Waals surface area contributed by atoms with Gasteiger partial charge in [0.2, 0.25) is 0 Å². The molecule has 0 aliphatic rings. The first-order valence-corrected chi connectivity index (χ1v) is 3.71. The van der Waals surface area contributed by atoms with Gasteiger partial charge < -0.3 is 5.11 Å². The van der Waals surface area contributed by atoms with Gasteiger partial charge in [-0.1, -0.05) is 4.49 Å². The SMILES string of the molecule is C/C(=C\c1csnn1)CO. The van der Waals surface area contributed by atoms with Crippen molar-refractivity contribution in [3.8, 4) is 0 Å². The number of nitrogens with zero attached hydrogens (tertiary/aromatic N) is 2. The minimum absolute atomic E-state index is 0.0809. The summed E-state index contributed by atoms with van der Waals surface area (Å²) in [6.07, 6.45) is 1.81. The van der Waals surface area contributed by atoms with Crippen molar-refractivity contribution in [2.75, 3.05) is 6.61 Å². The highest BCUT2D eigenvalue weighted by Crippen LogP contribution is 2.03. The lowest BCUT2D eigenvalue weighted by atomic mass is 10.3. The molecular weight excluding hydrogens is 148 g/mol. The molecule has 3 nitrogen and oxygen atoms in total. The first kappa shape index (κ1) is 7.37. The number of rotatable bonds is 2. The van der Waals surface area contributed by atoms with Crippen LogP contribution in [0.2, 0.25) is 0 Å². The number of aliphatic hydroxyl groups excluding tert-OH is 1. The van der Waals surface area contributed by atoms with E-state index in [9.17, 15) is 0 Å². The predicted octanol–water partition coefficient (Wildman–Crippen LogP) is 0.934. The molecule has 0 aliphatic carbocycles. The molecule has 1 heterocycles. The second kappa shape index (κ2) is 3.43. The quantitative estimate of drug-likeness (QED) is 0.693. The molecule has 0 saturated carbocycles. The molecule has 10 heavy (non-hydrogen) atoms. The molecule has 0 aliphatic heterocycles. The van der Waals surface area contributed by atoms with Gasteiger partial charge in [-0.2, -0.15) is 0 Å². The molecular formula is C6H8N2OS. The highest BCUT2D eigenvalue weighted by Gasteiger charge is 1.90. The lowest BCUT2D eigenvalue weighted by Gasteiger charge is -1.88. The van der Waals surface area contributed by atoms with E-state index >= 15 is 0 Å². The summed E-state index contributed by atoms with van der Waals surface area (Å²) in [6, 6.07) is 0. The Morgan fingerprint density at radius 3 is 3.20 bits per heavy atom. The van der Waals surface area contributed by atoms with Crippen LogP contribution in [0.25, 0.3) is 6.08 Å².